The number of para-hydroxylation sites is 2. The van der Waals surface area contributed by atoms with Crippen LogP contribution in [-0.2, 0) is 4.79 Å². The highest BCUT2D eigenvalue weighted by molar-refractivity contribution is 5.66. The van der Waals surface area contributed by atoms with Crippen LogP contribution in [0.25, 0.3) is 0 Å². The predicted octanol–water partition coefficient (Wildman–Crippen LogP) is 4.09. The molecule has 0 amide bonds. The lowest BCUT2D eigenvalue weighted by atomic mass is 10.3. The molecule has 1 N–H and O–H groups in total. The maximum atomic E-state index is 10.6. The van der Waals surface area contributed by atoms with Gasteiger partial charge in [0.2, 0.25) is 5.88 Å². The van der Waals surface area contributed by atoms with Crippen molar-refractivity contribution < 1.29 is 24.1 Å². The fourth-order valence-electron chi connectivity index (χ4n) is 2.28. The van der Waals surface area contributed by atoms with Crippen LogP contribution in [0.5, 0.6) is 17.4 Å². The maximum Gasteiger partial charge on any atom is 0.306 e. The molecule has 0 saturated carbocycles. The van der Waals surface area contributed by atoms with Gasteiger partial charge >= 0.3 is 5.97 Å². The number of carbonyl (C=O) groups is 1. The van der Waals surface area contributed by atoms with Crippen molar-refractivity contribution in [3.63, 3.8) is 0 Å². The van der Waals surface area contributed by atoms with E-state index in [1.165, 1.54) is 0 Å². The zero-order valence-corrected chi connectivity index (χ0v) is 14.5. The predicted molar refractivity (Wildman–Crippen MR) is 98.9 cm³/mol. The molecule has 0 unspecified atom stereocenters. The summed E-state index contributed by atoms with van der Waals surface area (Å²) in [5, 5.41) is 8.72. The van der Waals surface area contributed by atoms with E-state index >= 15 is 0 Å². The average Bonchev–Trinajstić information content (AvgIpc) is 2.69. The van der Waals surface area contributed by atoms with Crippen LogP contribution in [0.15, 0.2) is 78.9 Å². The number of pyridine rings is 1. The summed E-state index contributed by atoms with van der Waals surface area (Å²) < 4.78 is 17.3. The van der Waals surface area contributed by atoms with Crippen LogP contribution in [0, 0.1) is 0 Å². The molecule has 1 heterocycles. The Balaban J connectivity index is 1.80. The minimum absolute atomic E-state index is 0.0372. The first-order valence-electron chi connectivity index (χ1n) is 8.46. The van der Waals surface area contributed by atoms with E-state index in [1.54, 1.807) is 18.2 Å². The van der Waals surface area contributed by atoms with Crippen LogP contribution in [0.4, 0.5) is 0 Å². The van der Waals surface area contributed by atoms with Crippen molar-refractivity contribution >= 4 is 5.97 Å². The summed E-state index contributed by atoms with van der Waals surface area (Å²) in [5.41, 5.74) is 0.510. The third kappa shape index (κ3) is 5.74. The van der Waals surface area contributed by atoms with Crippen LogP contribution < -0.4 is 14.2 Å². The molecule has 27 heavy (non-hydrogen) atoms. The van der Waals surface area contributed by atoms with Gasteiger partial charge in [-0.3, -0.25) is 4.79 Å². The smallest absolute Gasteiger partial charge is 0.306 e. The molecule has 0 aliphatic rings. The summed E-state index contributed by atoms with van der Waals surface area (Å²) in [6, 6.07) is 23.8. The molecule has 0 saturated heterocycles. The average molecular weight is 365 g/mol. The monoisotopic (exact) mass is 365 g/mol. The SMILES string of the molecule is O=C(O)CCOc1cccc(C(Oc2ccccc2)Oc2ccccc2)n1. The molecular formula is C21H19NO5. The van der Waals surface area contributed by atoms with Crippen molar-refractivity contribution in [3.8, 4) is 17.4 Å². The molecular weight excluding hydrogens is 346 g/mol. The van der Waals surface area contributed by atoms with Crippen molar-refractivity contribution in [2.24, 2.45) is 0 Å². The second kappa shape index (κ2) is 9.24. The number of hydrogen-bond acceptors (Lipinski definition) is 5. The topological polar surface area (TPSA) is 77.9 Å². The zero-order chi connectivity index (χ0) is 18.9. The molecule has 1 aromatic heterocycles. The minimum atomic E-state index is -0.927. The van der Waals surface area contributed by atoms with E-state index < -0.39 is 12.3 Å². The Morgan fingerprint density at radius 3 is 2.00 bits per heavy atom. The van der Waals surface area contributed by atoms with E-state index in [0.717, 1.165) is 0 Å². The highest BCUT2D eigenvalue weighted by Crippen LogP contribution is 2.25. The van der Waals surface area contributed by atoms with Crippen LogP contribution in [0.1, 0.15) is 18.4 Å². The van der Waals surface area contributed by atoms with Gasteiger partial charge in [-0.05, 0) is 30.3 Å². The highest BCUT2D eigenvalue weighted by atomic mass is 16.7. The van der Waals surface area contributed by atoms with Gasteiger partial charge in [0.15, 0.2) is 0 Å². The lowest BCUT2D eigenvalue weighted by Gasteiger charge is -2.20. The fraction of sp³-hybridized carbons (Fsp3) is 0.143. The summed E-state index contributed by atoms with van der Waals surface area (Å²) >= 11 is 0. The van der Waals surface area contributed by atoms with Crippen molar-refractivity contribution in [2.45, 2.75) is 12.7 Å². The Morgan fingerprint density at radius 2 is 1.44 bits per heavy atom. The van der Waals surface area contributed by atoms with Gasteiger partial charge in [-0.2, -0.15) is 0 Å². The molecule has 138 valence electrons. The molecule has 0 spiro atoms. The first-order valence-corrected chi connectivity index (χ1v) is 8.46. The summed E-state index contributed by atoms with van der Waals surface area (Å²) in [5.74, 6) is 0.658. The number of nitrogens with zero attached hydrogens (tertiary/aromatic N) is 1. The number of benzene rings is 2. The summed E-state index contributed by atoms with van der Waals surface area (Å²) in [6.07, 6.45) is -0.895. The third-order valence-corrected chi connectivity index (χ3v) is 3.53. The molecule has 6 heteroatoms. The Labute approximate surface area is 157 Å². The Morgan fingerprint density at radius 1 is 0.852 bits per heavy atom. The number of aliphatic carboxylic acids is 1. The zero-order valence-electron chi connectivity index (χ0n) is 14.5. The number of hydrogen-bond donors (Lipinski definition) is 1. The first-order chi connectivity index (χ1) is 13.2. The highest BCUT2D eigenvalue weighted by Gasteiger charge is 2.18. The van der Waals surface area contributed by atoms with E-state index in [0.29, 0.717) is 23.1 Å². The number of carboxylic acid groups (broad SMARTS) is 1. The van der Waals surface area contributed by atoms with Gasteiger partial charge < -0.3 is 19.3 Å². The van der Waals surface area contributed by atoms with E-state index in [2.05, 4.69) is 4.98 Å². The number of carboxylic acids is 1. The van der Waals surface area contributed by atoms with Crippen LogP contribution in [-0.4, -0.2) is 22.7 Å². The van der Waals surface area contributed by atoms with E-state index in [-0.39, 0.29) is 13.0 Å². The normalized spacial score (nSPS) is 10.4. The largest absolute Gasteiger partial charge is 0.481 e. The van der Waals surface area contributed by atoms with Gasteiger partial charge in [0, 0.05) is 6.07 Å². The first kappa shape index (κ1) is 18.3. The summed E-state index contributed by atoms with van der Waals surface area (Å²) in [7, 11) is 0. The number of rotatable bonds is 9. The number of ether oxygens (including phenoxy) is 3. The molecule has 3 rings (SSSR count). The molecule has 0 bridgehead atoms. The van der Waals surface area contributed by atoms with Crippen molar-refractivity contribution in [2.75, 3.05) is 6.61 Å². The second-order valence-corrected chi connectivity index (χ2v) is 5.59. The fourth-order valence-corrected chi connectivity index (χ4v) is 2.28. The lowest BCUT2D eigenvalue weighted by Crippen LogP contribution is -2.17. The lowest BCUT2D eigenvalue weighted by molar-refractivity contribution is -0.137. The van der Waals surface area contributed by atoms with Crippen LogP contribution in [0.2, 0.25) is 0 Å². The van der Waals surface area contributed by atoms with E-state index in [9.17, 15) is 4.79 Å². The summed E-state index contributed by atoms with van der Waals surface area (Å²) in [4.78, 5) is 15.0. The van der Waals surface area contributed by atoms with Crippen molar-refractivity contribution in [1.82, 2.24) is 4.98 Å². The standard InChI is InChI=1S/C21H19NO5/c23-20(24)14-15-25-19-13-7-12-18(22-19)21(26-16-8-3-1-4-9-16)27-17-10-5-2-6-11-17/h1-13,21H,14-15H2,(H,23,24). The molecule has 0 atom stereocenters. The molecule has 0 aliphatic carbocycles. The third-order valence-electron chi connectivity index (χ3n) is 3.53. The van der Waals surface area contributed by atoms with Gasteiger partial charge in [-0.1, -0.05) is 42.5 Å². The second-order valence-electron chi connectivity index (χ2n) is 5.59. The van der Waals surface area contributed by atoms with Crippen molar-refractivity contribution in [3.05, 3.63) is 84.6 Å². The molecule has 3 aromatic rings. The van der Waals surface area contributed by atoms with Gasteiger partial charge in [-0.15, -0.1) is 0 Å². The van der Waals surface area contributed by atoms with Gasteiger partial charge in [0.1, 0.15) is 23.8 Å². The molecule has 0 aliphatic heterocycles. The van der Waals surface area contributed by atoms with Crippen LogP contribution in [0.3, 0.4) is 0 Å². The van der Waals surface area contributed by atoms with Gasteiger partial charge in [0.05, 0.1) is 6.42 Å². The Bertz CT molecular complexity index is 813. The van der Waals surface area contributed by atoms with Gasteiger partial charge in [0.25, 0.3) is 6.29 Å². The summed E-state index contributed by atoms with van der Waals surface area (Å²) in [6.45, 7) is 0.0372. The molecule has 0 radical (unpaired) electrons. The quantitative estimate of drug-likeness (QED) is 0.576. The molecule has 0 fully saturated rings. The van der Waals surface area contributed by atoms with E-state index in [4.69, 9.17) is 19.3 Å². The van der Waals surface area contributed by atoms with Crippen molar-refractivity contribution in [1.29, 1.82) is 0 Å². The molecule has 2 aromatic carbocycles. The van der Waals surface area contributed by atoms with Gasteiger partial charge in [-0.25, -0.2) is 4.98 Å². The molecule has 6 nitrogen and oxygen atoms in total. The Hall–Kier alpha value is -3.54. The maximum absolute atomic E-state index is 10.6. The van der Waals surface area contributed by atoms with Crippen LogP contribution >= 0.6 is 0 Å². The Kier molecular flexibility index (Phi) is 6.25. The number of aromatic nitrogens is 1. The van der Waals surface area contributed by atoms with E-state index in [1.807, 2.05) is 60.7 Å². The minimum Gasteiger partial charge on any atom is -0.481 e.